The molecule has 16 heavy (non-hydrogen) atoms. The van der Waals surface area contributed by atoms with E-state index in [9.17, 15) is 8.78 Å². The Morgan fingerprint density at radius 2 is 2.12 bits per heavy atom. The van der Waals surface area contributed by atoms with Crippen LogP contribution in [-0.4, -0.2) is 12.1 Å². The quantitative estimate of drug-likeness (QED) is 0.741. The van der Waals surface area contributed by atoms with Crippen molar-refractivity contribution in [1.82, 2.24) is 4.98 Å². The van der Waals surface area contributed by atoms with E-state index >= 15 is 0 Å². The molecule has 0 N–H and O–H groups in total. The van der Waals surface area contributed by atoms with Gasteiger partial charge >= 0.3 is 0 Å². The lowest BCUT2D eigenvalue weighted by molar-refractivity contribution is 0.386. The van der Waals surface area contributed by atoms with Crippen LogP contribution >= 0.6 is 0 Å². The van der Waals surface area contributed by atoms with Gasteiger partial charge in [-0.25, -0.2) is 8.78 Å². The maximum absolute atomic E-state index is 13.8. The Labute approximate surface area is 89.9 Å². The van der Waals surface area contributed by atoms with E-state index in [1.54, 1.807) is 6.07 Å². The molecule has 2 aromatic rings. The van der Waals surface area contributed by atoms with Crippen LogP contribution in [0.15, 0.2) is 18.5 Å². The minimum atomic E-state index is -0.752. The number of pyridine rings is 1. The number of aromatic nitrogens is 1. The zero-order chi connectivity index (χ0) is 11.7. The van der Waals surface area contributed by atoms with Crippen LogP contribution in [0.2, 0.25) is 0 Å². The number of nitriles is 1. The zero-order valence-electron chi connectivity index (χ0n) is 8.29. The second-order valence-corrected chi connectivity index (χ2v) is 3.10. The minimum Gasteiger partial charge on any atom is -0.494 e. The van der Waals surface area contributed by atoms with Crippen molar-refractivity contribution in [3.63, 3.8) is 0 Å². The number of rotatable bonds is 1. The van der Waals surface area contributed by atoms with Gasteiger partial charge in [0, 0.05) is 29.2 Å². The van der Waals surface area contributed by atoms with Crippen LogP contribution in [0.5, 0.6) is 5.75 Å². The molecular formula is C11H6F2N2O. The smallest absolute Gasteiger partial charge is 0.174 e. The summed E-state index contributed by atoms with van der Waals surface area (Å²) in [5.41, 5.74) is -0.0206. The van der Waals surface area contributed by atoms with Crippen molar-refractivity contribution in [2.75, 3.05) is 7.11 Å². The molecule has 1 aromatic carbocycles. The summed E-state index contributed by atoms with van der Waals surface area (Å²) in [6.07, 6.45) is 2.36. The average Bonchev–Trinajstić information content (AvgIpc) is 2.32. The molecule has 1 heterocycles. The first-order valence-corrected chi connectivity index (χ1v) is 4.39. The molecule has 0 bridgehead atoms. The Morgan fingerprint density at radius 1 is 1.38 bits per heavy atom. The fraction of sp³-hybridized carbons (Fsp3) is 0.0909. The van der Waals surface area contributed by atoms with Crippen LogP contribution in [0.1, 0.15) is 5.56 Å². The number of hydrogen-bond acceptors (Lipinski definition) is 3. The molecule has 0 atom stereocenters. The molecule has 0 aliphatic heterocycles. The van der Waals surface area contributed by atoms with Gasteiger partial charge in [0.2, 0.25) is 0 Å². The maximum atomic E-state index is 13.8. The highest BCUT2D eigenvalue weighted by atomic mass is 19.1. The third kappa shape index (κ3) is 1.36. The number of hydrogen-bond donors (Lipinski definition) is 0. The molecule has 3 nitrogen and oxygen atoms in total. The summed E-state index contributed by atoms with van der Waals surface area (Å²) in [7, 11) is 1.23. The molecule has 0 aliphatic rings. The SMILES string of the molecule is COc1cc(F)c2cncc(C#N)c2c1F. The van der Waals surface area contributed by atoms with Crippen LogP contribution in [0.4, 0.5) is 8.78 Å². The van der Waals surface area contributed by atoms with Gasteiger partial charge in [-0.1, -0.05) is 0 Å². The Balaban J connectivity index is 2.98. The fourth-order valence-electron chi connectivity index (χ4n) is 1.49. The number of halogens is 2. The van der Waals surface area contributed by atoms with Crippen molar-refractivity contribution in [3.8, 4) is 11.8 Å². The van der Waals surface area contributed by atoms with Crippen LogP contribution in [-0.2, 0) is 0 Å². The maximum Gasteiger partial charge on any atom is 0.174 e. The molecule has 0 aliphatic carbocycles. The second kappa shape index (κ2) is 3.74. The van der Waals surface area contributed by atoms with E-state index in [4.69, 9.17) is 5.26 Å². The Bertz CT molecular complexity index is 605. The predicted molar refractivity (Wildman–Crippen MR) is 52.9 cm³/mol. The normalized spacial score (nSPS) is 10.1. The van der Waals surface area contributed by atoms with Gasteiger partial charge in [-0.05, 0) is 0 Å². The third-order valence-electron chi connectivity index (χ3n) is 2.24. The monoisotopic (exact) mass is 220 g/mol. The van der Waals surface area contributed by atoms with Gasteiger partial charge in [0.05, 0.1) is 12.7 Å². The summed E-state index contributed by atoms with van der Waals surface area (Å²) in [5, 5.41) is 8.66. The largest absolute Gasteiger partial charge is 0.494 e. The van der Waals surface area contributed by atoms with Gasteiger partial charge in [-0.15, -0.1) is 0 Å². The molecule has 0 fully saturated rings. The third-order valence-corrected chi connectivity index (χ3v) is 2.24. The van der Waals surface area contributed by atoms with E-state index in [1.165, 1.54) is 19.5 Å². The van der Waals surface area contributed by atoms with E-state index in [0.29, 0.717) is 0 Å². The first kappa shape index (κ1) is 10.3. The molecule has 5 heteroatoms. The summed E-state index contributed by atoms with van der Waals surface area (Å²) < 4.78 is 32.0. The molecular weight excluding hydrogens is 214 g/mol. The summed E-state index contributed by atoms with van der Waals surface area (Å²) in [6.45, 7) is 0. The standard InChI is InChI=1S/C11H6F2N2O/c1-16-9-2-8(12)7-5-15-4-6(3-14)10(7)11(9)13/h2,4-5H,1H3. The van der Waals surface area contributed by atoms with Gasteiger partial charge in [0.15, 0.2) is 11.6 Å². The number of ether oxygens (including phenoxy) is 1. The molecule has 0 amide bonds. The fourth-order valence-corrected chi connectivity index (χ4v) is 1.49. The first-order chi connectivity index (χ1) is 7.69. The summed E-state index contributed by atoms with van der Waals surface area (Å²) >= 11 is 0. The van der Waals surface area contributed by atoms with Crippen LogP contribution in [0, 0.1) is 23.0 Å². The van der Waals surface area contributed by atoms with Crippen LogP contribution in [0.25, 0.3) is 10.8 Å². The number of benzene rings is 1. The molecule has 0 radical (unpaired) electrons. The van der Waals surface area contributed by atoms with Gasteiger partial charge in [-0.3, -0.25) is 4.98 Å². The average molecular weight is 220 g/mol. The van der Waals surface area contributed by atoms with Crippen LogP contribution < -0.4 is 4.74 Å². The zero-order valence-corrected chi connectivity index (χ0v) is 8.29. The Hall–Kier alpha value is -2.22. The lowest BCUT2D eigenvalue weighted by Crippen LogP contribution is -1.95. The van der Waals surface area contributed by atoms with Crippen molar-refractivity contribution >= 4 is 10.8 Å². The van der Waals surface area contributed by atoms with Gasteiger partial charge in [0.1, 0.15) is 11.9 Å². The number of fused-ring (bicyclic) bond motifs is 1. The van der Waals surface area contributed by atoms with Crippen molar-refractivity contribution < 1.29 is 13.5 Å². The molecule has 80 valence electrons. The summed E-state index contributed by atoms with van der Waals surface area (Å²) in [4.78, 5) is 3.67. The van der Waals surface area contributed by atoms with Crippen molar-refractivity contribution in [1.29, 1.82) is 5.26 Å². The van der Waals surface area contributed by atoms with Crippen LogP contribution in [0.3, 0.4) is 0 Å². The molecule has 0 saturated heterocycles. The summed E-state index contributed by atoms with van der Waals surface area (Å²) in [6, 6.07) is 2.70. The lowest BCUT2D eigenvalue weighted by atomic mass is 10.1. The molecule has 1 aromatic heterocycles. The Kier molecular flexibility index (Phi) is 2.41. The van der Waals surface area contributed by atoms with E-state index < -0.39 is 11.6 Å². The highest BCUT2D eigenvalue weighted by Gasteiger charge is 2.16. The molecule has 0 spiro atoms. The molecule has 0 saturated carbocycles. The van der Waals surface area contributed by atoms with Crippen molar-refractivity contribution in [2.24, 2.45) is 0 Å². The van der Waals surface area contributed by atoms with E-state index in [2.05, 4.69) is 9.72 Å². The Morgan fingerprint density at radius 3 is 2.75 bits per heavy atom. The molecule has 2 rings (SSSR count). The second-order valence-electron chi connectivity index (χ2n) is 3.10. The molecule has 0 unspecified atom stereocenters. The number of nitrogens with zero attached hydrogens (tertiary/aromatic N) is 2. The van der Waals surface area contributed by atoms with Crippen molar-refractivity contribution in [3.05, 3.63) is 35.7 Å². The topological polar surface area (TPSA) is 45.9 Å². The van der Waals surface area contributed by atoms with Gasteiger partial charge in [0.25, 0.3) is 0 Å². The highest BCUT2D eigenvalue weighted by molar-refractivity contribution is 5.89. The van der Waals surface area contributed by atoms with E-state index in [1.807, 2.05) is 0 Å². The summed E-state index contributed by atoms with van der Waals surface area (Å²) in [5.74, 6) is -1.65. The number of methoxy groups -OCH3 is 1. The lowest BCUT2D eigenvalue weighted by Gasteiger charge is -2.07. The van der Waals surface area contributed by atoms with Crippen molar-refractivity contribution in [2.45, 2.75) is 0 Å². The predicted octanol–water partition coefficient (Wildman–Crippen LogP) is 2.39. The highest BCUT2D eigenvalue weighted by Crippen LogP contribution is 2.30. The first-order valence-electron chi connectivity index (χ1n) is 4.39. The van der Waals surface area contributed by atoms with E-state index in [0.717, 1.165) is 6.07 Å². The van der Waals surface area contributed by atoms with Gasteiger partial charge in [-0.2, -0.15) is 5.26 Å². The minimum absolute atomic E-state index is 0.0206. The van der Waals surface area contributed by atoms with Gasteiger partial charge < -0.3 is 4.74 Å². The van der Waals surface area contributed by atoms with E-state index in [-0.39, 0.29) is 22.1 Å².